The first-order valence-corrected chi connectivity index (χ1v) is 12.0. The Kier molecular flexibility index (Phi) is 6.08. The second-order valence-electron chi connectivity index (χ2n) is 8.55. The molecule has 4 atom stereocenters. The van der Waals surface area contributed by atoms with E-state index < -0.39 is 10.0 Å². The van der Waals surface area contributed by atoms with Crippen LogP contribution < -0.4 is 5.32 Å². The number of nitrogens with zero attached hydrogens (tertiary/aromatic N) is 1. The van der Waals surface area contributed by atoms with E-state index >= 15 is 0 Å². The molecule has 3 aliphatic rings. The zero-order valence-electron chi connectivity index (χ0n) is 16.9. The molecule has 4 unspecified atom stereocenters. The monoisotopic (exact) mass is 418 g/mol. The van der Waals surface area contributed by atoms with Crippen LogP contribution in [0.25, 0.3) is 6.08 Å². The molecule has 1 aromatic rings. The average molecular weight is 419 g/mol. The van der Waals surface area contributed by atoms with Crippen molar-refractivity contribution in [2.45, 2.75) is 43.5 Å². The van der Waals surface area contributed by atoms with Gasteiger partial charge in [0.25, 0.3) is 0 Å². The van der Waals surface area contributed by atoms with Crippen molar-refractivity contribution >= 4 is 22.0 Å². The van der Waals surface area contributed by atoms with Crippen molar-refractivity contribution in [3.8, 4) is 0 Å². The first-order valence-electron chi connectivity index (χ1n) is 10.6. The smallest absolute Gasteiger partial charge is 0.244 e. The Morgan fingerprint density at radius 3 is 2.52 bits per heavy atom. The number of nitrogens with one attached hydrogen (secondary N) is 1. The number of amides is 1. The summed E-state index contributed by atoms with van der Waals surface area (Å²) in [6.07, 6.45) is 8.52. The molecule has 1 heterocycles. The number of ether oxygens (including phenoxy) is 1. The average Bonchev–Trinajstić information content (AvgIpc) is 3.37. The fourth-order valence-corrected chi connectivity index (χ4v) is 6.55. The molecule has 2 bridgehead atoms. The van der Waals surface area contributed by atoms with Crippen LogP contribution in [0, 0.1) is 17.8 Å². The molecule has 2 saturated carbocycles. The van der Waals surface area contributed by atoms with Gasteiger partial charge in [0, 0.05) is 25.2 Å². The number of benzene rings is 1. The number of fused-ring (bicyclic) bond motifs is 2. The number of hydrogen-bond acceptors (Lipinski definition) is 4. The molecule has 1 N–H and O–H groups in total. The van der Waals surface area contributed by atoms with Gasteiger partial charge in [0.1, 0.15) is 0 Å². The maximum absolute atomic E-state index is 12.7. The summed E-state index contributed by atoms with van der Waals surface area (Å²) in [5.41, 5.74) is 0.800. The molecule has 0 aromatic heterocycles. The summed E-state index contributed by atoms with van der Waals surface area (Å²) in [6, 6.07) is 6.86. The molecule has 3 fully saturated rings. The zero-order valence-corrected chi connectivity index (χ0v) is 17.7. The molecule has 4 rings (SSSR count). The second kappa shape index (κ2) is 8.58. The van der Waals surface area contributed by atoms with Crippen LogP contribution >= 0.6 is 0 Å². The molecule has 1 aromatic carbocycles. The van der Waals surface area contributed by atoms with Gasteiger partial charge in [-0.15, -0.1) is 0 Å². The Labute approximate surface area is 173 Å². The summed E-state index contributed by atoms with van der Waals surface area (Å²) in [6.45, 7) is 3.73. The fraction of sp³-hybridized carbons (Fsp3) is 0.591. The van der Waals surface area contributed by atoms with E-state index in [1.807, 2.05) is 0 Å². The van der Waals surface area contributed by atoms with Gasteiger partial charge in [0.15, 0.2) is 0 Å². The van der Waals surface area contributed by atoms with E-state index in [-0.39, 0.29) is 16.8 Å². The number of morpholine rings is 1. The van der Waals surface area contributed by atoms with Crippen LogP contribution in [-0.2, 0) is 19.6 Å². The van der Waals surface area contributed by atoms with Crippen molar-refractivity contribution in [3.63, 3.8) is 0 Å². The Morgan fingerprint density at radius 1 is 1.17 bits per heavy atom. The van der Waals surface area contributed by atoms with Gasteiger partial charge < -0.3 is 10.1 Å². The van der Waals surface area contributed by atoms with Crippen LogP contribution in [-0.4, -0.2) is 51.0 Å². The van der Waals surface area contributed by atoms with Gasteiger partial charge in [0.2, 0.25) is 15.9 Å². The van der Waals surface area contributed by atoms with E-state index in [2.05, 4.69) is 12.2 Å². The van der Waals surface area contributed by atoms with Crippen molar-refractivity contribution in [2.75, 3.05) is 26.3 Å². The number of carbonyl (C=O) groups is 1. The third-order valence-corrected chi connectivity index (χ3v) is 8.63. The van der Waals surface area contributed by atoms with Gasteiger partial charge in [-0.2, -0.15) is 4.31 Å². The van der Waals surface area contributed by atoms with Gasteiger partial charge in [-0.25, -0.2) is 8.42 Å². The molecule has 29 heavy (non-hydrogen) atoms. The van der Waals surface area contributed by atoms with Crippen LogP contribution in [0.3, 0.4) is 0 Å². The second-order valence-corrected chi connectivity index (χ2v) is 10.5. The maximum atomic E-state index is 12.7. The van der Waals surface area contributed by atoms with Crippen LogP contribution in [0.15, 0.2) is 35.2 Å². The summed E-state index contributed by atoms with van der Waals surface area (Å²) < 4.78 is 32.0. The predicted octanol–water partition coefficient (Wildman–Crippen LogP) is 2.66. The highest BCUT2D eigenvalue weighted by molar-refractivity contribution is 7.89. The molecule has 0 spiro atoms. The number of sulfonamides is 1. The van der Waals surface area contributed by atoms with Crippen molar-refractivity contribution in [3.05, 3.63) is 35.9 Å². The van der Waals surface area contributed by atoms with Gasteiger partial charge in [-0.05, 0) is 67.7 Å². The lowest BCUT2D eigenvalue weighted by Gasteiger charge is -2.28. The Morgan fingerprint density at radius 2 is 1.90 bits per heavy atom. The van der Waals surface area contributed by atoms with Crippen LogP contribution in [0.1, 0.15) is 38.2 Å². The Balaban J connectivity index is 1.33. The summed E-state index contributed by atoms with van der Waals surface area (Å²) >= 11 is 0. The minimum Gasteiger partial charge on any atom is -0.379 e. The molecule has 7 heteroatoms. The van der Waals surface area contributed by atoms with Crippen LogP contribution in [0.5, 0.6) is 0 Å². The van der Waals surface area contributed by atoms with Crippen LogP contribution in [0.2, 0.25) is 0 Å². The summed E-state index contributed by atoms with van der Waals surface area (Å²) in [7, 11) is -3.49. The van der Waals surface area contributed by atoms with Crippen molar-refractivity contribution < 1.29 is 17.9 Å². The number of hydrogen-bond donors (Lipinski definition) is 1. The Hall–Kier alpha value is -1.70. The lowest BCUT2D eigenvalue weighted by Crippen LogP contribution is -2.40. The van der Waals surface area contributed by atoms with Gasteiger partial charge in [0.05, 0.1) is 18.1 Å². The summed E-state index contributed by atoms with van der Waals surface area (Å²) in [4.78, 5) is 12.6. The highest BCUT2D eigenvalue weighted by atomic mass is 32.2. The molecule has 1 saturated heterocycles. The summed E-state index contributed by atoms with van der Waals surface area (Å²) in [5.74, 6) is 2.16. The minimum absolute atomic E-state index is 0.0923. The van der Waals surface area contributed by atoms with E-state index in [0.29, 0.717) is 32.2 Å². The van der Waals surface area contributed by atoms with E-state index in [4.69, 9.17) is 4.74 Å². The van der Waals surface area contributed by atoms with Crippen molar-refractivity contribution in [1.82, 2.24) is 9.62 Å². The van der Waals surface area contributed by atoms with Gasteiger partial charge in [-0.1, -0.05) is 18.6 Å². The SMILES string of the molecule is CC(NC(=O)/C=C/c1ccc(S(=O)(=O)N2CCOCC2)cc1)C1CC2CCC1C2. The highest BCUT2D eigenvalue weighted by Gasteiger charge is 2.41. The van der Waals surface area contributed by atoms with Crippen molar-refractivity contribution in [1.29, 1.82) is 0 Å². The molecule has 6 nitrogen and oxygen atoms in total. The van der Waals surface area contributed by atoms with E-state index in [1.54, 1.807) is 30.3 Å². The normalized spacial score (nSPS) is 28.7. The van der Waals surface area contributed by atoms with E-state index in [0.717, 1.165) is 17.4 Å². The quantitative estimate of drug-likeness (QED) is 0.721. The number of rotatable bonds is 6. The minimum atomic E-state index is -3.49. The van der Waals surface area contributed by atoms with E-state index in [1.165, 1.54) is 36.1 Å². The standard InChI is InChI=1S/C22H30N2O4S/c1-16(21-15-18-2-6-19(21)14-18)23-22(25)9-5-17-3-7-20(8-4-17)29(26,27)24-10-12-28-13-11-24/h3-5,7-9,16,18-19,21H,2,6,10-15H2,1H3,(H,23,25)/b9-5+. The third kappa shape index (κ3) is 4.57. The molecule has 2 aliphatic carbocycles. The topological polar surface area (TPSA) is 75.7 Å². The zero-order chi connectivity index (χ0) is 20.4. The number of carbonyl (C=O) groups excluding carboxylic acids is 1. The maximum Gasteiger partial charge on any atom is 0.244 e. The molecular formula is C22H30N2O4S. The first-order chi connectivity index (χ1) is 13.9. The molecule has 158 valence electrons. The highest BCUT2D eigenvalue weighted by Crippen LogP contribution is 2.49. The molecular weight excluding hydrogens is 388 g/mol. The van der Waals surface area contributed by atoms with E-state index in [9.17, 15) is 13.2 Å². The Bertz CT molecular complexity index is 859. The first kappa shape index (κ1) is 20.6. The van der Waals surface area contributed by atoms with Gasteiger partial charge >= 0.3 is 0 Å². The summed E-state index contributed by atoms with van der Waals surface area (Å²) in [5, 5.41) is 3.12. The lowest BCUT2D eigenvalue weighted by atomic mass is 9.84. The molecule has 1 aliphatic heterocycles. The van der Waals surface area contributed by atoms with Crippen LogP contribution in [0.4, 0.5) is 0 Å². The molecule has 0 radical (unpaired) electrons. The predicted molar refractivity (Wildman–Crippen MR) is 112 cm³/mol. The largest absolute Gasteiger partial charge is 0.379 e. The lowest BCUT2D eigenvalue weighted by molar-refractivity contribution is -0.117. The van der Waals surface area contributed by atoms with Gasteiger partial charge in [-0.3, -0.25) is 4.79 Å². The van der Waals surface area contributed by atoms with Crippen molar-refractivity contribution in [2.24, 2.45) is 17.8 Å². The molecule has 1 amide bonds. The third-order valence-electron chi connectivity index (χ3n) is 6.72. The fourth-order valence-electron chi connectivity index (χ4n) is 5.14.